The Labute approximate surface area is 132 Å². The van der Waals surface area contributed by atoms with Crippen LogP contribution in [0, 0.1) is 3.57 Å². The van der Waals surface area contributed by atoms with Gasteiger partial charge >= 0.3 is 0 Å². The van der Waals surface area contributed by atoms with E-state index >= 15 is 0 Å². The Hall–Kier alpha value is -1.40. The lowest BCUT2D eigenvalue weighted by molar-refractivity contribution is 0.0916. The van der Waals surface area contributed by atoms with Crippen molar-refractivity contribution in [2.75, 3.05) is 6.61 Å². The number of nitrogens with one attached hydrogen (secondary N) is 1. The zero-order valence-corrected chi connectivity index (χ0v) is 13.1. The molecule has 4 heteroatoms. The molecule has 0 aliphatic heterocycles. The van der Waals surface area contributed by atoms with E-state index in [2.05, 4.69) is 27.9 Å². The highest BCUT2D eigenvalue weighted by Crippen LogP contribution is 2.09. The predicted molar refractivity (Wildman–Crippen MR) is 87.6 cm³/mol. The van der Waals surface area contributed by atoms with Crippen LogP contribution in [-0.2, 0) is 6.42 Å². The first-order chi connectivity index (χ1) is 9.69. The highest BCUT2D eigenvalue weighted by Gasteiger charge is 2.13. The largest absolute Gasteiger partial charge is 0.394 e. The second-order valence-electron chi connectivity index (χ2n) is 4.55. The van der Waals surface area contributed by atoms with E-state index in [1.165, 1.54) is 0 Å². The van der Waals surface area contributed by atoms with Crippen molar-refractivity contribution < 1.29 is 9.90 Å². The van der Waals surface area contributed by atoms with Gasteiger partial charge in [-0.25, -0.2) is 0 Å². The molecule has 0 aromatic heterocycles. The molecule has 0 aliphatic rings. The minimum absolute atomic E-state index is 0.0788. The van der Waals surface area contributed by atoms with Gasteiger partial charge in [0.05, 0.1) is 12.6 Å². The maximum absolute atomic E-state index is 12.1. The molecule has 0 fully saturated rings. The number of hydrogen-bond donors (Lipinski definition) is 2. The van der Waals surface area contributed by atoms with E-state index in [0.29, 0.717) is 12.0 Å². The van der Waals surface area contributed by atoms with Crippen LogP contribution < -0.4 is 5.32 Å². The Balaban J connectivity index is 2.01. The molecule has 0 aliphatic carbocycles. The summed E-state index contributed by atoms with van der Waals surface area (Å²) in [6, 6.07) is 16.9. The lowest BCUT2D eigenvalue weighted by Gasteiger charge is -2.16. The fourth-order valence-corrected chi connectivity index (χ4v) is 2.50. The van der Waals surface area contributed by atoms with Gasteiger partial charge in [-0.2, -0.15) is 0 Å². The number of rotatable bonds is 5. The van der Waals surface area contributed by atoms with Gasteiger partial charge in [0.1, 0.15) is 0 Å². The van der Waals surface area contributed by atoms with Crippen molar-refractivity contribution in [2.24, 2.45) is 0 Å². The molecule has 0 saturated heterocycles. The van der Waals surface area contributed by atoms with Gasteiger partial charge in [0.2, 0.25) is 0 Å². The molecule has 2 rings (SSSR count). The summed E-state index contributed by atoms with van der Waals surface area (Å²) in [4.78, 5) is 12.1. The molecular formula is C16H16INO2. The minimum Gasteiger partial charge on any atom is -0.394 e. The Kier molecular flexibility index (Phi) is 5.55. The van der Waals surface area contributed by atoms with E-state index < -0.39 is 0 Å². The zero-order chi connectivity index (χ0) is 14.4. The minimum atomic E-state index is -0.275. The number of halogens is 1. The Morgan fingerprint density at radius 2 is 1.90 bits per heavy atom. The van der Waals surface area contributed by atoms with Crippen LogP contribution in [0.3, 0.4) is 0 Å². The van der Waals surface area contributed by atoms with Gasteiger partial charge in [-0.15, -0.1) is 0 Å². The Morgan fingerprint density at radius 1 is 1.15 bits per heavy atom. The highest BCUT2D eigenvalue weighted by atomic mass is 127. The number of carbonyl (C=O) groups excluding carboxylic acids is 1. The second-order valence-corrected chi connectivity index (χ2v) is 5.80. The average molecular weight is 381 g/mol. The summed E-state index contributed by atoms with van der Waals surface area (Å²) in [7, 11) is 0. The van der Waals surface area contributed by atoms with Crippen molar-refractivity contribution in [3.8, 4) is 0 Å². The Morgan fingerprint density at radius 3 is 2.55 bits per heavy atom. The quantitative estimate of drug-likeness (QED) is 0.783. The fraction of sp³-hybridized carbons (Fsp3) is 0.188. The number of aliphatic hydroxyl groups is 1. The van der Waals surface area contributed by atoms with Crippen molar-refractivity contribution in [3.63, 3.8) is 0 Å². The highest BCUT2D eigenvalue weighted by molar-refractivity contribution is 14.1. The third kappa shape index (κ3) is 4.31. The van der Waals surface area contributed by atoms with E-state index in [1.807, 2.05) is 48.5 Å². The molecule has 104 valence electrons. The summed E-state index contributed by atoms with van der Waals surface area (Å²) in [5.74, 6) is -0.154. The Bertz CT molecular complexity index is 572. The predicted octanol–water partition coefficient (Wildman–Crippen LogP) is 2.62. The zero-order valence-electron chi connectivity index (χ0n) is 10.9. The van der Waals surface area contributed by atoms with Gasteiger partial charge in [0.15, 0.2) is 0 Å². The van der Waals surface area contributed by atoms with Crippen molar-refractivity contribution in [2.45, 2.75) is 12.5 Å². The maximum Gasteiger partial charge on any atom is 0.251 e. The van der Waals surface area contributed by atoms with E-state index in [4.69, 9.17) is 0 Å². The standard InChI is InChI=1S/C16H16INO2/c17-14-8-4-7-13(10-14)16(20)18-15(11-19)9-12-5-2-1-3-6-12/h1-8,10,15,19H,9,11H2,(H,18,20)/t15-/m1/s1. The molecule has 0 unspecified atom stereocenters. The number of aliphatic hydroxyl groups excluding tert-OH is 1. The number of hydrogen-bond acceptors (Lipinski definition) is 2. The first-order valence-electron chi connectivity index (χ1n) is 6.40. The average Bonchev–Trinajstić information content (AvgIpc) is 2.47. The van der Waals surface area contributed by atoms with Crippen LogP contribution >= 0.6 is 22.6 Å². The fourth-order valence-electron chi connectivity index (χ4n) is 1.96. The van der Waals surface area contributed by atoms with Gasteiger partial charge < -0.3 is 10.4 Å². The molecule has 20 heavy (non-hydrogen) atoms. The van der Waals surface area contributed by atoms with Crippen LogP contribution in [0.1, 0.15) is 15.9 Å². The smallest absolute Gasteiger partial charge is 0.251 e. The number of benzene rings is 2. The van der Waals surface area contributed by atoms with Gasteiger partial charge in [0.25, 0.3) is 5.91 Å². The second kappa shape index (κ2) is 7.40. The summed E-state index contributed by atoms with van der Waals surface area (Å²) in [5, 5.41) is 12.3. The molecule has 0 radical (unpaired) electrons. The van der Waals surface area contributed by atoms with Crippen molar-refractivity contribution in [3.05, 3.63) is 69.3 Å². The summed E-state index contributed by atoms with van der Waals surface area (Å²) >= 11 is 2.17. The molecule has 0 spiro atoms. The molecule has 3 nitrogen and oxygen atoms in total. The van der Waals surface area contributed by atoms with Crippen molar-refractivity contribution in [1.82, 2.24) is 5.32 Å². The van der Waals surface area contributed by atoms with Gasteiger partial charge in [0, 0.05) is 9.13 Å². The third-order valence-electron chi connectivity index (χ3n) is 2.97. The SMILES string of the molecule is O=C(N[C@@H](CO)Cc1ccccc1)c1cccc(I)c1. The summed E-state index contributed by atoms with van der Waals surface area (Å²) in [6.45, 7) is -0.0788. The molecule has 0 saturated carbocycles. The first-order valence-corrected chi connectivity index (χ1v) is 7.48. The molecular weight excluding hydrogens is 365 g/mol. The van der Waals surface area contributed by atoms with Crippen LogP contribution in [0.2, 0.25) is 0 Å². The molecule has 1 amide bonds. The molecule has 2 aromatic rings. The number of amides is 1. The summed E-state index contributed by atoms with van der Waals surface area (Å²) in [6.07, 6.45) is 0.618. The molecule has 0 heterocycles. The lowest BCUT2D eigenvalue weighted by Crippen LogP contribution is -2.39. The van der Waals surface area contributed by atoms with Crippen LogP contribution in [0.15, 0.2) is 54.6 Å². The lowest BCUT2D eigenvalue weighted by atomic mass is 10.1. The summed E-state index contributed by atoms with van der Waals surface area (Å²) < 4.78 is 1.01. The molecule has 0 bridgehead atoms. The van der Waals surface area contributed by atoms with Gasteiger partial charge in [-0.05, 0) is 52.8 Å². The van der Waals surface area contributed by atoms with Crippen LogP contribution in [-0.4, -0.2) is 23.7 Å². The number of carbonyl (C=O) groups is 1. The van der Waals surface area contributed by atoms with Crippen molar-refractivity contribution in [1.29, 1.82) is 0 Å². The van der Waals surface area contributed by atoms with E-state index in [9.17, 15) is 9.90 Å². The molecule has 2 N–H and O–H groups in total. The van der Waals surface area contributed by atoms with E-state index in [1.54, 1.807) is 6.07 Å². The van der Waals surface area contributed by atoms with Gasteiger partial charge in [-0.3, -0.25) is 4.79 Å². The normalized spacial score (nSPS) is 11.9. The summed E-state index contributed by atoms with van der Waals surface area (Å²) in [5.41, 5.74) is 1.71. The first kappa shape index (κ1) is 15.0. The van der Waals surface area contributed by atoms with Crippen LogP contribution in [0.4, 0.5) is 0 Å². The monoisotopic (exact) mass is 381 g/mol. The van der Waals surface area contributed by atoms with Crippen LogP contribution in [0.5, 0.6) is 0 Å². The van der Waals surface area contributed by atoms with E-state index in [0.717, 1.165) is 9.13 Å². The molecule has 2 aromatic carbocycles. The molecule has 1 atom stereocenters. The maximum atomic E-state index is 12.1. The van der Waals surface area contributed by atoms with Gasteiger partial charge in [-0.1, -0.05) is 36.4 Å². The van der Waals surface area contributed by atoms with Crippen LogP contribution in [0.25, 0.3) is 0 Å². The third-order valence-corrected chi connectivity index (χ3v) is 3.64. The van der Waals surface area contributed by atoms with E-state index in [-0.39, 0.29) is 18.6 Å². The topological polar surface area (TPSA) is 49.3 Å². The van der Waals surface area contributed by atoms with Crippen molar-refractivity contribution >= 4 is 28.5 Å².